The summed E-state index contributed by atoms with van der Waals surface area (Å²) in [6, 6.07) is 11.1. The van der Waals surface area contributed by atoms with Crippen LogP contribution in [0, 0.1) is 5.92 Å². The van der Waals surface area contributed by atoms with Gasteiger partial charge in [-0.15, -0.1) is 0 Å². The van der Waals surface area contributed by atoms with Gasteiger partial charge in [0.2, 0.25) is 11.8 Å². The minimum atomic E-state index is 0.281. The molecule has 0 saturated carbocycles. The normalized spacial score (nSPS) is 25.3. The Labute approximate surface area is 178 Å². The monoisotopic (exact) mass is 408 g/mol. The van der Waals surface area contributed by atoms with Crippen LogP contribution in [0.5, 0.6) is 0 Å². The van der Waals surface area contributed by atoms with Crippen molar-refractivity contribution in [2.45, 2.75) is 51.1 Å². The lowest BCUT2D eigenvalue weighted by molar-refractivity contribution is -0.141. The van der Waals surface area contributed by atoms with Crippen LogP contribution in [0.1, 0.15) is 44.2 Å². The highest BCUT2D eigenvalue weighted by Crippen LogP contribution is 2.32. The largest absolute Gasteiger partial charge is 0.357 e. The molecule has 1 aromatic carbocycles. The molecule has 2 amide bonds. The maximum Gasteiger partial charge on any atom is 0.222 e. The molecule has 6 nitrogen and oxygen atoms in total. The third-order valence-corrected chi connectivity index (χ3v) is 7.21. The van der Waals surface area contributed by atoms with Crippen molar-refractivity contribution in [3.63, 3.8) is 0 Å². The van der Waals surface area contributed by atoms with Gasteiger partial charge in [-0.1, -0.05) is 18.2 Å². The Morgan fingerprint density at radius 1 is 1.00 bits per heavy atom. The number of hydrogen-bond acceptors (Lipinski definition) is 3. The summed E-state index contributed by atoms with van der Waals surface area (Å²) >= 11 is 0. The number of nitrogens with zero attached hydrogens (tertiary/aromatic N) is 3. The number of nitrogens with one attached hydrogen (secondary N) is 1. The van der Waals surface area contributed by atoms with Gasteiger partial charge in [0, 0.05) is 69.4 Å². The molecule has 0 aliphatic carbocycles. The standard InChI is InChI=1S/C24H32N4O2/c29-23-7-3-11-27(23)12-4-13-28-22-10-14-26(16-19(22)8-9-24(28)30)17-20-15-18-5-1-2-6-21(18)25-20/h1-2,5-6,15,19,22,25H,3-4,7-14,16-17H2/t19-,22+/m1/s1. The van der Waals surface area contributed by atoms with Crippen molar-refractivity contribution in [2.24, 2.45) is 5.92 Å². The van der Waals surface area contributed by atoms with Crippen molar-refractivity contribution in [3.8, 4) is 0 Å². The third kappa shape index (κ3) is 3.97. The molecule has 1 aromatic heterocycles. The van der Waals surface area contributed by atoms with Crippen molar-refractivity contribution >= 4 is 22.7 Å². The molecule has 2 aromatic rings. The number of hydrogen-bond donors (Lipinski definition) is 1. The number of benzene rings is 1. The molecule has 3 aliphatic heterocycles. The second-order valence-corrected chi connectivity index (χ2v) is 9.20. The Bertz CT molecular complexity index is 890. The zero-order valence-electron chi connectivity index (χ0n) is 17.7. The molecule has 0 spiro atoms. The third-order valence-electron chi connectivity index (χ3n) is 7.21. The molecule has 4 heterocycles. The van der Waals surface area contributed by atoms with Crippen LogP contribution in [0.2, 0.25) is 0 Å². The molecule has 30 heavy (non-hydrogen) atoms. The van der Waals surface area contributed by atoms with Crippen LogP contribution in [0.15, 0.2) is 30.3 Å². The van der Waals surface area contributed by atoms with Crippen LogP contribution in [0.3, 0.4) is 0 Å². The molecule has 1 N–H and O–H groups in total. The second kappa shape index (κ2) is 8.42. The maximum absolute atomic E-state index is 12.6. The first-order valence-electron chi connectivity index (χ1n) is 11.5. The van der Waals surface area contributed by atoms with Crippen LogP contribution in [0.25, 0.3) is 10.9 Å². The summed E-state index contributed by atoms with van der Waals surface area (Å²) in [7, 11) is 0. The molecule has 3 saturated heterocycles. The van der Waals surface area contributed by atoms with Gasteiger partial charge in [0.1, 0.15) is 0 Å². The number of likely N-dealkylation sites (tertiary alicyclic amines) is 3. The first-order chi connectivity index (χ1) is 14.7. The SMILES string of the molecule is O=C1CCCN1CCCN1C(=O)CC[C@@H]2CN(Cc3cc4ccccc4[nH]3)CC[C@@H]21. The number of aromatic amines is 1. The van der Waals surface area contributed by atoms with E-state index in [4.69, 9.17) is 0 Å². The number of amides is 2. The Balaban J connectivity index is 1.17. The van der Waals surface area contributed by atoms with E-state index in [0.29, 0.717) is 30.7 Å². The van der Waals surface area contributed by atoms with E-state index in [1.807, 2.05) is 4.90 Å². The first kappa shape index (κ1) is 19.6. The number of carbonyl (C=O) groups excluding carboxylic acids is 2. The molecule has 3 fully saturated rings. The molecule has 5 rings (SSSR count). The van der Waals surface area contributed by atoms with Crippen molar-refractivity contribution in [2.75, 3.05) is 32.7 Å². The van der Waals surface area contributed by atoms with Gasteiger partial charge in [0.15, 0.2) is 0 Å². The van der Waals surface area contributed by atoms with E-state index < -0.39 is 0 Å². The topological polar surface area (TPSA) is 59.7 Å². The maximum atomic E-state index is 12.6. The molecule has 0 unspecified atom stereocenters. The van der Waals surface area contributed by atoms with Crippen LogP contribution in [0.4, 0.5) is 0 Å². The van der Waals surface area contributed by atoms with Crippen LogP contribution < -0.4 is 0 Å². The van der Waals surface area contributed by atoms with Gasteiger partial charge in [0.05, 0.1) is 0 Å². The number of para-hydroxylation sites is 1. The zero-order valence-corrected chi connectivity index (χ0v) is 17.7. The molecule has 160 valence electrons. The molecule has 3 aliphatic rings. The van der Waals surface area contributed by atoms with Crippen molar-refractivity contribution in [1.29, 1.82) is 0 Å². The average molecular weight is 409 g/mol. The van der Waals surface area contributed by atoms with Gasteiger partial charge >= 0.3 is 0 Å². The van der Waals surface area contributed by atoms with Crippen molar-refractivity contribution < 1.29 is 9.59 Å². The van der Waals surface area contributed by atoms with Gasteiger partial charge in [0.25, 0.3) is 0 Å². The minimum absolute atomic E-state index is 0.281. The number of rotatable bonds is 6. The highest BCUT2D eigenvalue weighted by atomic mass is 16.2. The lowest BCUT2D eigenvalue weighted by Crippen LogP contribution is -2.56. The zero-order chi connectivity index (χ0) is 20.5. The van der Waals surface area contributed by atoms with Gasteiger partial charge in [-0.3, -0.25) is 14.5 Å². The molecule has 0 bridgehead atoms. The number of aromatic nitrogens is 1. The van der Waals surface area contributed by atoms with E-state index in [9.17, 15) is 9.59 Å². The number of piperidine rings is 2. The second-order valence-electron chi connectivity index (χ2n) is 9.20. The summed E-state index contributed by atoms with van der Waals surface area (Å²) in [5.41, 5.74) is 2.47. The summed E-state index contributed by atoms with van der Waals surface area (Å²) in [6.45, 7) is 5.53. The number of H-pyrrole nitrogens is 1. The average Bonchev–Trinajstić information content (AvgIpc) is 3.35. The summed E-state index contributed by atoms with van der Waals surface area (Å²) in [6.07, 6.45) is 5.31. The van der Waals surface area contributed by atoms with E-state index in [1.54, 1.807) is 0 Å². The molecule has 2 atom stereocenters. The number of fused-ring (bicyclic) bond motifs is 2. The summed E-state index contributed by atoms with van der Waals surface area (Å²) < 4.78 is 0. The minimum Gasteiger partial charge on any atom is -0.357 e. The smallest absolute Gasteiger partial charge is 0.222 e. The van der Waals surface area contributed by atoms with E-state index >= 15 is 0 Å². The Kier molecular flexibility index (Phi) is 5.50. The molecular weight excluding hydrogens is 376 g/mol. The Morgan fingerprint density at radius 3 is 2.73 bits per heavy atom. The predicted molar refractivity (Wildman–Crippen MR) is 117 cm³/mol. The van der Waals surface area contributed by atoms with Crippen molar-refractivity contribution in [3.05, 3.63) is 36.0 Å². The van der Waals surface area contributed by atoms with E-state index in [2.05, 4.69) is 45.1 Å². The predicted octanol–water partition coefficient (Wildman–Crippen LogP) is 2.99. The van der Waals surface area contributed by atoms with Gasteiger partial charge in [-0.2, -0.15) is 0 Å². The molecule has 0 radical (unpaired) electrons. The molecule has 6 heteroatoms. The van der Waals surface area contributed by atoms with E-state index in [0.717, 1.165) is 65.0 Å². The first-order valence-corrected chi connectivity index (χ1v) is 11.5. The fraction of sp³-hybridized carbons (Fsp3) is 0.583. The van der Waals surface area contributed by atoms with E-state index in [1.165, 1.54) is 16.6 Å². The Morgan fingerprint density at radius 2 is 1.90 bits per heavy atom. The fourth-order valence-corrected chi connectivity index (χ4v) is 5.69. The van der Waals surface area contributed by atoms with Crippen molar-refractivity contribution in [1.82, 2.24) is 19.7 Å². The quantitative estimate of drug-likeness (QED) is 0.799. The Hall–Kier alpha value is -2.34. The lowest BCUT2D eigenvalue weighted by atomic mass is 9.83. The van der Waals surface area contributed by atoms with Gasteiger partial charge in [-0.25, -0.2) is 0 Å². The van der Waals surface area contributed by atoms with Gasteiger partial charge in [-0.05, 0) is 49.1 Å². The summed E-state index contributed by atoms with van der Waals surface area (Å²) in [5.74, 6) is 1.16. The highest BCUT2D eigenvalue weighted by molar-refractivity contribution is 5.80. The number of carbonyl (C=O) groups is 2. The van der Waals surface area contributed by atoms with Gasteiger partial charge < -0.3 is 14.8 Å². The van der Waals surface area contributed by atoms with Crippen LogP contribution in [-0.2, 0) is 16.1 Å². The van der Waals surface area contributed by atoms with Crippen LogP contribution in [-0.4, -0.2) is 70.3 Å². The fourth-order valence-electron chi connectivity index (χ4n) is 5.69. The lowest BCUT2D eigenvalue weighted by Gasteiger charge is -2.47. The van der Waals surface area contributed by atoms with Crippen LogP contribution >= 0.6 is 0 Å². The summed E-state index contributed by atoms with van der Waals surface area (Å²) in [5, 5.41) is 1.27. The highest BCUT2D eigenvalue weighted by Gasteiger charge is 2.39. The van der Waals surface area contributed by atoms with E-state index in [-0.39, 0.29) is 5.91 Å². The molecular formula is C24H32N4O2. The summed E-state index contributed by atoms with van der Waals surface area (Å²) in [4.78, 5) is 34.7.